The second kappa shape index (κ2) is 12.7. The van der Waals surface area contributed by atoms with Crippen molar-refractivity contribution in [3.05, 3.63) is 76.9 Å². The Morgan fingerprint density at radius 1 is 1.18 bits per heavy atom. The van der Waals surface area contributed by atoms with Crippen LogP contribution in [0.5, 0.6) is 23.0 Å². The molecule has 1 aliphatic heterocycles. The topological polar surface area (TPSA) is 118 Å². The van der Waals surface area contributed by atoms with E-state index < -0.39 is 17.6 Å². The lowest BCUT2D eigenvalue weighted by atomic mass is 9.94. The van der Waals surface area contributed by atoms with Crippen molar-refractivity contribution >= 4 is 39.3 Å². The summed E-state index contributed by atoms with van der Waals surface area (Å²) in [6.07, 6.45) is 1.56. The predicted octanol–water partition coefficient (Wildman–Crippen LogP) is 3.31. The zero-order chi connectivity index (χ0) is 29.0. The number of aromatic nitrogens is 1. The fourth-order valence-corrected chi connectivity index (χ4v) is 5.87. The van der Waals surface area contributed by atoms with Crippen LogP contribution < -0.4 is 29.1 Å². The van der Waals surface area contributed by atoms with Gasteiger partial charge in [-0.15, -0.1) is 0 Å². The Labute approximate surface area is 242 Å². The van der Waals surface area contributed by atoms with Gasteiger partial charge in [-0.25, -0.2) is 9.79 Å². The van der Waals surface area contributed by atoms with Gasteiger partial charge >= 0.3 is 5.97 Å². The average Bonchev–Trinajstić information content (AvgIpc) is 3.24. The van der Waals surface area contributed by atoms with Gasteiger partial charge in [-0.05, 0) is 38.1 Å². The maximum absolute atomic E-state index is 14.0. The van der Waals surface area contributed by atoms with Crippen molar-refractivity contribution in [1.29, 1.82) is 0 Å². The lowest BCUT2D eigenvalue weighted by Crippen LogP contribution is -2.40. The Bertz CT molecular complexity index is 1640. The highest BCUT2D eigenvalue weighted by molar-refractivity contribution is 9.10. The summed E-state index contributed by atoms with van der Waals surface area (Å²) in [5.41, 5.74) is 1.09. The first-order valence-electron chi connectivity index (χ1n) is 12.3. The van der Waals surface area contributed by atoms with Crippen LogP contribution in [-0.2, 0) is 14.3 Å². The number of esters is 1. The second-order valence-corrected chi connectivity index (χ2v) is 10.5. The van der Waals surface area contributed by atoms with Crippen LogP contribution in [0, 0.1) is 0 Å². The number of aromatic hydroxyl groups is 1. The predicted molar refractivity (Wildman–Crippen MR) is 153 cm³/mol. The number of rotatable bonds is 10. The number of carbonyl (C=O) groups excluding carboxylic acids is 1. The van der Waals surface area contributed by atoms with Crippen LogP contribution >= 0.6 is 27.3 Å². The van der Waals surface area contributed by atoms with Crippen molar-refractivity contribution in [1.82, 2.24) is 4.57 Å². The summed E-state index contributed by atoms with van der Waals surface area (Å²) >= 11 is 4.54. The number of phenols is 1. The van der Waals surface area contributed by atoms with Crippen molar-refractivity contribution in [2.45, 2.75) is 19.9 Å². The smallest absolute Gasteiger partial charge is 0.338 e. The van der Waals surface area contributed by atoms with Gasteiger partial charge in [0.25, 0.3) is 5.56 Å². The Balaban J connectivity index is 1.99. The second-order valence-electron chi connectivity index (χ2n) is 8.57. The number of allylic oxidation sites excluding steroid dienone is 1. The Kier molecular flexibility index (Phi) is 9.33. The lowest BCUT2D eigenvalue weighted by molar-refractivity contribution is -0.140. The molecule has 0 radical (unpaired) electrons. The summed E-state index contributed by atoms with van der Waals surface area (Å²) < 4.78 is 29.7. The molecule has 2 heterocycles. The number of benzene rings is 2. The Morgan fingerprint density at radius 3 is 2.60 bits per heavy atom. The molecule has 12 heteroatoms. The normalized spacial score (nSPS) is 14.9. The molecule has 40 heavy (non-hydrogen) atoms. The van der Waals surface area contributed by atoms with E-state index in [2.05, 4.69) is 20.9 Å². The van der Waals surface area contributed by atoms with Crippen LogP contribution in [0.2, 0.25) is 0 Å². The molecule has 1 aliphatic rings. The summed E-state index contributed by atoms with van der Waals surface area (Å²) in [5, 5.41) is 10.7. The number of hydrogen-bond acceptors (Lipinski definition) is 10. The minimum Gasteiger partial charge on any atom is -0.504 e. The number of para-hydroxylation sites is 1. The van der Waals surface area contributed by atoms with Crippen molar-refractivity contribution in [2.75, 3.05) is 41.2 Å². The van der Waals surface area contributed by atoms with Gasteiger partial charge in [-0.3, -0.25) is 9.36 Å². The van der Waals surface area contributed by atoms with Gasteiger partial charge in [-0.1, -0.05) is 39.4 Å². The van der Waals surface area contributed by atoms with Gasteiger partial charge in [0.1, 0.15) is 12.6 Å². The number of methoxy groups -OCH3 is 3. The monoisotopic (exact) mass is 632 g/mol. The number of phenolic OH excluding ortho intramolecular Hbond substituents is 1. The van der Waals surface area contributed by atoms with Crippen LogP contribution in [0.25, 0.3) is 6.08 Å². The summed E-state index contributed by atoms with van der Waals surface area (Å²) in [6, 6.07) is 7.66. The summed E-state index contributed by atoms with van der Waals surface area (Å²) in [6.45, 7) is 4.11. The highest BCUT2D eigenvalue weighted by Gasteiger charge is 2.36. The molecule has 212 valence electrons. The molecule has 0 spiro atoms. The van der Waals surface area contributed by atoms with E-state index in [0.717, 1.165) is 11.3 Å². The van der Waals surface area contributed by atoms with Crippen LogP contribution in [0.1, 0.15) is 31.0 Å². The van der Waals surface area contributed by atoms with Crippen molar-refractivity contribution in [3.63, 3.8) is 0 Å². The van der Waals surface area contributed by atoms with Crippen molar-refractivity contribution < 1.29 is 33.6 Å². The minimum absolute atomic E-state index is 0.0314. The molecule has 10 nitrogen and oxygen atoms in total. The first-order valence-corrected chi connectivity index (χ1v) is 13.9. The van der Waals surface area contributed by atoms with E-state index in [-0.39, 0.29) is 30.3 Å². The van der Waals surface area contributed by atoms with Crippen LogP contribution in [0.3, 0.4) is 0 Å². The summed E-state index contributed by atoms with van der Waals surface area (Å²) in [4.78, 5) is 32.4. The summed E-state index contributed by atoms with van der Waals surface area (Å²) in [7, 11) is 4.47. The van der Waals surface area contributed by atoms with E-state index in [4.69, 9.17) is 23.7 Å². The molecule has 1 atom stereocenters. The summed E-state index contributed by atoms with van der Waals surface area (Å²) in [5.74, 6) is 0.365. The molecular weight excluding hydrogens is 604 g/mol. The van der Waals surface area contributed by atoms with Crippen molar-refractivity contribution in [3.8, 4) is 23.0 Å². The first-order chi connectivity index (χ1) is 19.2. The maximum Gasteiger partial charge on any atom is 0.338 e. The van der Waals surface area contributed by atoms with Gasteiger partial charge in [0.05, 0.1) is 43.2 Å². The SMILES string of the molecule is CCOc1c(OC)cccc1[C@@H]1C(C(=O)OCCOC)=C(C)N=c2s/c(=C/c3cc(Br)cc(OC)c3O)c(=O)n21. The third-order valence-corrected chi connectivity index (χ3v) is 7.59. The van der Waals surface area contributed by atoms with E-state index in [1.807, 2.05) is 6.92 Å². The molecule has 1 aromatic heterocycles. The standard InChI is InChI=1S/C28H29BrN2O8S/c1-6-38-25-18(8-7-9-19(25)36-4)23-22(27(34)39-11-10-35-3)15(2)30-28-31(23)26(33)21(40-28)13-16-12-17(29)14-20(37-5)24(16)32/h7-9,12-14,23,32H,6,10-11H2,1-5H3/b21-13+/t23-/m1/s1. The number of thiazole rings is 1. The first kappa shape index (κ1) is 29.4. The molecule has 0 bridgehead atoms. The van der Waals surface area contributed by atoms with Crippen LogP contribution in [-0.4, -0.2) is 56.8 Å². The van der Waals surface area contributed by atoms with Crippen LogP contribution in [0.4, 0.5) is 0 Å². The fourth-order valence-electron chi connectivity index (χ4n) is 4.38. The molecule has 0 unspecified atom stereocenters. The van der Waals surface area contributed by atoms with Gasteiger partial charge in [0, 0.05) is 22.7 Å². The molecule has 0 saturated carbocycles. The van der Waals surface area contributed by atoms with Gasteiger partial charge in [0.2, 0.25) is 0 Å². The van der Waals surface area contributed by atoms with E-state index in [0.29, 0.717) is 48.7 Å². The molecule has 0 aliphatic carbocycles. The largest absolute Gasteiger partial charge is 0.504 e. The third kappa shape index (κ3) is 5.65. The van der Waals surface area contributed by atoms with Crippen LogP contribution in [0.15, 0.2) is 55.9 Å². The zero-order valence-corrected chi connectivity index (χ0v) is 25.1. The number of halogens is 1. The number of hydrogen-bond donors (Lipinski definition) is 1. The van der Waals surface area contributed by atoms with Gasteiger partial charge in [-0.2, -0.15) is 0 Å². The highest BCUT2D eigenvalue weighted by atomic mass is 79.9. The molecule has 2 aromatic carbocycles. The average molecular weight is 634 g/mol. The molecule has 0 amide bonds. The molecule has 1 N–H and O–H groups in total. The molecule has 0 fully saturated rings. The Morgan fingerprint density at radius 2 is 1.93 bits per heavy atom. The van der Waals surface area contributed by atoms with Gasteiger partial charge < -0.3 is 28.8 Å². The highest BCUT2D eigenvalue weighted by Crippen LogP contribution is 2.41. The number of fused-ring (bicyclic) bond motifs is 1. The molecule has 0 saturated heterocycles. The molecule has 4 rings (SSSR count). The quantitative estimate of drug-likeness (QED) is 0.267. The zero-order valence-electron chi connectivity index (χ0n) is 22.6. The lowest BCUT2D eigenvalue weighted by Gasteiger charge is -2.27. The van der Waals surface area contributed by atoms with E-state index in [1.165, 1.54) is 25.9 Å². The number of carbonyl (C=O) groups is 1. The van der Waals surface area contributed by atoms with E-state index >= 15 is 0 Å². The van der Waals surface area contributed by atoms with E-state index in [9.17, 15) is 14.7 Å². The molecule has 3 aromatic rings. The minimum atomic E-state index is -0.921. The fraction of sp³-hybridized carbons (Fsp3) is 0.321. The maximum atomic E-state index is 14.0. The number of nitrogens with zero attached hydrogens (tertiary/aromatic N) is 2. The Hall–Kier alpha value is -3.61. The van der Waals surface area contributed by atoms with Gasteiger partial charge in [0.15, 0.2) is 27.8 Å². The van der Waals surface area contributed by atoms with Crippen molar-refractivity contribution in [2.24, 2.45) is 4.99 Å². The third-order valence-electron chi connectivity index (χ3n) is 6.15. The molecular formula is C28H29BrN2O8S. The van der Waals surface area contributed by atoms with E-state index in [1.54, 1.807) is 43.3 Å². The number of ether oxygens (including phenoxy) is 5.